The van der Waals surface area contributed by atoms with E-state index in [0.29, 0.717) is 22.0 Å². The summed E-state index contributed by atoms with van der Waals surface area (Å²) in [7, 11) is 5.54. The number of hydrogen-bond donors (Lipinski definition) is 1. The topological polar surface area (TPSA) is 101 Å². The zero-order valence-electron chi connectivity index (χ0n) is 26.9. The zero-order chi connectivity index (χ0) is 34.2. The van der Waals surface area contributed by atoms with Gasteiger partial charge in [-0.2, -0.15) is 0 Å². The van der Waals surface area contributed by atoms with Crippen molar-refractivity contribution in [2.24, 2.45) is 0 Å². The highest BCUT2D eigenvalue weighted by Crippen LogP contribution is 2.36. The first-order chi connectivity index (χ1) is 23.1. The number of halogens is 2. The highest BCUT2D eigenvalue weighted by molar-refractivity contribution is 6.38. The lowest BCUT2D eigenvalue weighted by atomic mass is 10.1. The summed E-state index contributed by atoms with van der Waals surface area (Å²) in [5, 5.41) is 4.23. The molecule has 0 unspecified atom stereocenters. The van der Waals surface area contributed by atoms with Gasteiger partial charge in [0, 0.05) is 61.8 Å². The molecule has 0 spiro atoms. The van der Waals surface area contributed by atoms with Crippen LogP contribution in [0, 0.1) is 6.92 Å². The summed E-state index contributed by atoms with van der Waals surface area (Å²) >= 11 is 13.3. The number of para-hydroxylation sites is 1. The second-order valence-electron chi connectivity index (χ2n) is 11.1. The average Bonchev–Trinajstić information content (AvgIpc) is 3.09. The molecular formula is C37H34Cl2N6O3. The first-order valence-electron chi connectivity index (χ1n) is 15.0. The van der Waals surface area contributed by atoms with Crippen molar-refractivity contribution < 1.29 is 14.3 Å². The number of hydrogen-bond acceptors (Lipinski definition) is 7. The van der Waals surface area contributed by atoms with Gasteiger partial charge in [0.25, 0.3) is 0 Å². The number of aryl methyl sites for hydroxylation is 1. The van der Waals surface area contributed by atoms with Gasteiger partial charge in [-0.15, -0.1) is 0 Å². The van der Waals surface area contributed by atoms with E-state index >= 15 is 0 Å². The Morgan fingerprint density at radius 2 is 1.71 bits per heavy atom. The number of pyridine rings is 3. The van der Waals surface area contributed by atoms with E-state index in [-0.39, 0.29) is 24.1 Å². The van der Waals surface area contributed by atoms with Gasteiger partial charge in [-0.3, -0.25) is 19.6 Å². The van der Waals surface area contributed by atoms with E-state index in [2.05, 4.69) is 21.4 Å². The molecule has 48 heavy (non-hydrogen) atoms. The number of likely N-dealkylation sites (N-methyl/N-ethyl adjacent to an activating group) is 1. The van der Waals surface area contributed by atoms with Gasteiger partial charge in [0.15, 0.2) is 0 Å². The van der Waals surface area contributed by atoms with Gasteiger partial charge in [0.1, 0.15) is 17.9 Å². The van der Waals surface area contributed by atoms with E-state index in [1.54, 1.807) is 43.8 Å². The van der Waals surface area contributed by atoms with Crippen LogP contribution in [0.5, 0.6) is 5.75 Å². The maximum atomic E-state index is 13.0. The molecule has 0 aliphatic rings. The molecule has 0 atom stereocenters. The van der Waals surface area contributed by atoms with Gasteiger partial charge >= 0.3 is 0 Å². The van der Waals surface area contributed by atoms with E-state index in [4.69, 9.17) is 32.9 Å². The van der Waals surface area contributed by atoms with Gasteiger partial charge in [0.2, 0.25) is 11.8 Å². The second kappa shape index (κ2) is 15.6. The number of nitrogens with one attached hydrogen (secondary N) is 1. The third kappa shape index (κ3) is 8.36. The van der Waals surface area contributed by atoms with Crippen LogP contribution in [0.2, 0.25) is 10.0 Å². The van der Waals surface area contributed by atoms with Crippen molar-refractivity contribution in [2.45, 2.75) is 13.5 Å². The number of fused-ring (bicyclic) bond motifs is 1. The average molecular weight is 682 g/mol. The summed E-state index contributed by atoms with van der Waals surface area (Å²) in [6.45, 7) is 1.77. The third-order valence-corrected chi connectivity index (χ3v) is 8.31. The largest absolute Gasteiger partial charge is 0.487 e. The highest BCUT2D eigenvalue weighted by atomic mass is 35.5. The Morgan fingerprint density at radius 1 is 0.917 bits per heavy atom. The Bertz CT molecular complexity index is 2000. The Balaban J connectivity index is 1.18. The Morgan fingerprint density at radius 3 is 2.44 bits per heavy atom. The monoisotopic (exact) mass is 680 g/mol. The van der Waals surface area contributed by atoms with Crippen molar-refractivity contribution in [3.8, 4) is 5.75 Å². The maximum Gasteiger partial charge on any atom is 0.246 e. The molecule has 0 saturated heterocycles. The van der Waals surface area contributed by atoms with Gasteiger partial charge in [-0.1, -0.05) is 47.5 Å². The molecule has 1 N–H and O–H groups in total. The van der Waals surface area contributed by atoms with Crippen molar-refractivity contribution in [1.82, 2.24) is 20.3 Å². The number of carbonyl (C=O) groups is 2. The van der Waals surface area contributed by atoms with E-state index < -0.39 is 5.91 Å². The fourth-order valence-electron chi connectivity index (χ4n) is 4.86. The number of carbonyl (C=O) groups excluding carboxylic acids is 2. The lowest BCUT2D eigenvalue weighted by molar-refractivity contribution is -0.122. The molecule has 2 amide bonds. The van der Waals surface area contributed by atoms with Crippen molar-refractivity contribution in [1.29, 1.82) is 0 Å². The number of amides is 2. The van der Waals surface area contributed by atoms with Crippen LogP contribution in [0.1, 0.15) is 28.1 Å². The smallest absolute Gasteiger partial charge is 0.246 e. The molecule has 9 nitrogen and oxygen atoms in total. The number of rotatable bonds is 11. The lowest BCUT2D eigenvalue weighted by Crippen LogP contribution is -2.37. The van der Waals surface area contributed by atoms with E-state index in [1.807, 2.05) is 80.5 Å². The molecule has 0 aliphatic carbocycles. The highest BCUT2D eigenvalue weighted by Gasteiger charge is 2.19. The number of anilines is 2. The van der Waals surface area contributed by atoms with Crippen molar-refractivity contribution >= 4 is 75.5 Å². The van der Waals surface area contributed by atoms with Gasteiger partial charge in [0.05, 0.1) is 34.3 Å². The van der Waals surface area contributed by atoms with Crippen molar-refractivity contribution in [3.63, 3.8) is 0 Å². The maximum absolute atomic E-state index is 13.0. The van der Waals surface area contributed by atoms with E-state index in [9.17, 15) is 9.59 Å². The van der Waals surface area contributed by atoms with Crippen LogP contribution in [-0.2, 0) is 16.2 Å². The van der Waals surface area contributed by atoms with Crippen LogP contribution < -0.4 is 19.9 Å². The Hall–Kier alpha value is -5.25. The fraction of sp³-hybridized carbons (Fsp3) is 0.162. The normalized spacial score (nSPS) is 11.3. The predicted molar refractivity (Wildman–Crippen MR) is 194 cm³/mol. The van der Waals surface area contributed by atoms with Crippen molar-refractivity contribution in [3.05, 3.63) is 123 Å². The number of ether oxygens (including phenoxy) is 1. The first kappa shape index (κ1) is 34.1. The molecule has 244 valence electrons. The summed E-state index contributed by atoms with van der Waals surface area (Å²) in [4.78, 5) is 42.1. The van der Waals surface area contributed by atoms with Crippen LogP contribution >= 0.6 is 23.2 Å². The quantitative estimate of drug-likeness (QED) is 0.147. The summed E-state index contributed by atoms with van der Waals surface area (Å²) in [6, 6.07) is 18.6. The molecule has 2 aromatic carbocycles. The Labute approximate surface area is 289 Å². The molecule has 3 heterocycles. The van der Waals surface area contributed by atoms with Gasteiger partial charge in [-0.25, -0.2) is 4.98 Å². The molecule has 3 aromatic heterocycles. The molecular weight excluding hydrogens is 647 g/mol. The molecule has 0 aliphatic heterocycles. The van der Waals surface area contributed by atoms with Crippen LogP contribution in [0.4, 0.5) is 11.4 Å². The van der Waals surface area contributed by atoms with Crippen LogP contribution in [0.3, 0.4) is 0 Å². The van der Waals surface area contributed by atoms with Crippen LogP contribution in [-0.4, -0.2) is 54.5 Å². The molecule has 5 rings (SSSR count). The summed E-state index contributed by atoms with van der Waals surface area (Å²) in [6.07, 6.45) is 11.9. The molecule has 5 aromatic rings. The molecule has 0 bridgehead atoms. The minimum Gasteiger partial charge on any atom is -0.487 e. The number of aromatic nitrogens is 3. The van der Waals surface area contributed by atoms with Crippen LogP contribution in [0.15, 0.2) is 85.3 Å². The number of nitrogens with zero attached hydrogens (tertiary/aromatic N) is 5. The Kier molecular flexibility index (Phi) is 11.1. The van der Waals surface area contributed by atoms with Gasteiger partial charge < -0.3 is 19.9 Å². The fourth-order valence-corrected chi connectivity index (χ4v) is 5.47. The second-order valence-corrected chi connectivity index (χ2v) is 11.9. The number of benzene rings is 2. The predicted octanol–water partition coefficient (Wildman–Crippen LogP) is 7.25. The molecule has 0 fully saturated rings. The summed E-state index contributed by atoms with van der Waals surface area (Å²) in [5.41, 5.74) is 6.11. The third-order valence-electron chi connectivity index (χ3n) is 7.53. The minimum atomic E-state index is -0.425. The summed E-state index contributed by atoms with van der Waals surface area (Å²) < 4.78 is 6.17. The molecule has 0 saturated carbocycles. The van der Waals surface area contributed by atoms with Crippen molar-refractivity contribution in [2.75, 3.05) is 37.5 Å². The molecule has 11 heteroatoms. The van der Waals surface area contributed by atoms with E-state index in [1.165, 1.54) is 11.0 Å². The lowest BCUT2D eigenvalue weighted by Gasteiger charge is -2.21. The van der Waals surface area contributed by atoms with E-state index in [0.717, 1.165) is 39.1 Å². The van der Waals surface area contributed by atoms with Crippen LogP contribution in [0.25, 0.3) is 29.1 Å². The summed E-state index contributed by atoms with van der Waals surface area (Å²) in [5.74, 6) is -0.208. The SMILES string of the molecule is Cc1nc2c(OCc3c(Cl)ccc(N(C)C(=O)CNC(=O)C=Cc4ccc(C=Cc5ccncc5)nc4)c3Cl)cccc2cc1N(C)C. The molecule has 0 radical (unpaired) electrons. The first-order valence-corrected chi connectivity index (χ1v) is 15.8. The minimum absolute atomic E-state index is 0.0568. The zero-order valence-corrected chi connectivity index (χ0v) is 28.5. The standard InChI is InChI=1S/C37H34Cl2N6O3/c1-24-32(44(2)3)20-27-6-5-7-33(37(27)43-24)48-23-29-30(38)13-14-31(36(29)39)45(4)35(47)22-42-34(46)15-10-26-9-12-28(41-21-26)11-8-25-16-18-40-19-17-25/h5-21H,22-23H2,1-4H3,(H,42,46). The van der Waals surface area contributed by atoms with Gasteiger partial charge in [-0.05, 0) is 72.7 Å².